The fraction of sp³-hybridized carbons (Fsp3) is 0.441. The van der Waals surface area contributed by atoms with Gasteiger partial charge in [0.25, 0.3) is 0 Å². The zero-order valence-electron chi connectivity index (χ0n) is 24.7. The zero-order valence-corrected chi connectivity index (χ0v) is 24.7. The van der Waals surface area contributed by atoms with E-state index in [1.807, 2.05) is 37.3 Å². The summed E-state index contributed by atoms with van der Waals surface area (Å²) in [6.07, 6.45) is 3.22. The summed E-state index contributed by atoms with van der Waals surface area (Å²) in [6.45, 7) is 12.9. The number of nitrogens with one attached hydrogen (secondary N) is 1. The molecule has 0 unspecified atom stereocenters. The highest BCUT2D eigenvalue weighted by Gasteiger charge is 2.21. The molecule has 0 saturated heterocycles. The Kier molecular flexibility index (Phi) is 12.4. The second-order valence-corrected chi connectivity index (χ2v) is 10.8. The van der Waals surface area contributed by atoms with Crippen LogP contribution in [0.4, 0.5) is 4.79 Å². The summed E-state index contributed by atoms with van der Waals surface area (Å²) in [5, 5.41) is 13.5. The number of unbranched alkanes of at least 4 members (excludes halogenated alkanes) is 1. The van der Waals surface area contributed by atoms with E-state index < -0.39 is 6.09 Å². The standard InChI is InChI=1S/C34H46N2O4/c1-6-35-34(38)40-30-17-12-16-29(24-30)39-22-11-10-13-27-18-19-33(37)32(23-27)31(28-14-8-7-9-15-28)20-21-36(25(2)3)26(4)5/h7-9,12,14-19,23-26,31,37H,6,10-11,13,20-22H2,1-5H3,(H,35,38)/t31-/m1/s1. The Morgan fingerprint density at radius 3 is 2.33 bits per heavy atom. The molecule has 1 atom stereocenters. The average molecular weight is 547 g/mol. The predicted molar refractivity (Wildman–Crippen MR) is 163 cm³/mol. The minimum absolute atomic E-state index is 0.124. The van der Waals surface area contributed by atoms with Crippen LogP contribution in [0.1, 0.15) is 76.5 Å². The number of phenolic OH excluding ortho intramolecular Hbond substituents is 1. The summed E-state index contributed by atoms with van der Waals surface area (Å²) in [5.74, 6) is 1.61. The third kappa shape index (κ3) is 9.60. The van der Waals surface area contributed by atoms with Gasteiger partial charge in [-0.15, -0.1) is 0 Å². The first-order chi connectivity index (χ1) is 19.3. The summed E-state index contributed by atoms with van der Waals surface area (Å²) in [6, 6.07) is 24.7. The van der Waals surface area contributed by atoms with Gasteiger partial charge in [0.1, 0.15) is 17.2 Å². The largest absolute Gasteiger partial charge is 0.508 e. The Balaban J connectivity index is 1.60. The van der Waals surface area contributed by atoms with Crippen LogP contribution in [-0.2, 0) is 6.42 Å². The number of carbonyl (C=O) groups is 1. The molecule has 0 saturated carbocycles. The molecule has 0 bridgehead atoms. The van der Waals surface area contributed by atoms with Crippen LogP contribution in [0.3, 0.4) is 0 Å². The molecule has 0 radical (unpaired) electrons. The highest BCUT2D eigenvalue weighted by molar-refractivity contribution is 5.70. The van der Waals surface area contributed by atoms with Crippen molar-refractivity contribution in [2.24, 2.45) is 0 Å². The lowest BCUT2D eigenvalue weighted by atomic mass is 9.86. The fourth-order valence-corrected chi connectivity index (χ4v) is 5.15. The van der Waals surface area contributed by atoms with Crippen LogP contribution in [0.2, 0.25) is 0 Å². The van der Waals surface area contributed by atoms with Crippen LogP contribution < -0.4 is 14.8 Å². The molecule has 40 heavy (non-hydrogen) atoms. The Hall–Kier alpha value is -3.51. The highest BCUT2D eigenvalue weighted by Crippen LogP contribution is 2.35. The van der Waals surface area contributed by atoms with Crippen LogP contribution >= 0.6 is 0 Å². The molecule has 1 amide bonds. The average Bonchev–Trinajstić information content (AvgIpc) is 2.92. The van der Waals surface area contributed by atoms with E-state index in [9.17, 15) is 9.90 Å². The number of benzene rings is 3. The number of aryl methyl sites for hydroxylation is 1. The Morgan fingerprint density at radius 2 is 1.62 bits per heavy atom. The van der Waals surface area contributed by atoms with Crippen molar-refractivity contribution < 1.29 is 19.4 Å². The third-order valence-electron chi connectivity index (χ3n) is 7.14. The maximum Gasteiger partial charge on any atom is 0.412 e. The number of carbonyl (C=O) groups excluding carboxylic acids is 1. The van der Waals surface area contributed by atoms with Crippen molar-refractivity contribution in [3.05, 3.63) is 89.5 Å². The monoisotopic (exact) mass is 546 g/mol. The first-order valence-electron chi connectivity index (χ1n) is 14.6. The molecule has 0 aromatic heterocycles. The lowest BCUT2D eigenvalue weighted by Gasteiger charge is -2.32. The second-order valence-electron chi connectivity index (χ2n) is 10.8. The molecule has 3 aromatic carbocycles. The summed E-state index contributed by atoms with van der Waals surface area (Å²) in [4.78, 5) is 14.2. The van der Waals surface area contributed by atoms with Crippen molar-refractivity contribution in [1.82, 2.24) is 10.2 Å². The van der Waals surface area contributed by atoms with Gasteiger partial charge in [0.05, 0.1) is 6.61 Å². The summed E-state index contributed by atoms with van der Waals surface area (Å²) < 4.78 is 11.2. The van der Waals surface area contributed by atoms with Gasteiger partial charge in [-0.1, -0.05) is 48.5 Å². The lowest BCUT2D eigenvalue weighted by Crippen LogP contribution is -2.38. The van der Waals surface area contributed by atoms with Gasteiger partial charge >= 0.3 is 6.09 Å². The van der Waals surface area contributed by atoms with E-state index in [0.29, 0.717) is 42.5 Å². The quantitative estimate of drug-likeness (QED) is 0.193. The normalized spacial score (nSPS) is 12.1. The number of phenols is 1. The van der Waals surface area contributed by atoms with E-state index in [0.717, 1.165) is 37.8 Å². The van der Waals surface area contributed by atoms with Crippen molar-refractivity contribution in [2.45, 2.75) is 78.3 Å². The minimum atomic E-state index is -0.473. The van der Waals surface area contributed by atoms with Gasteiger partial charge < -0.3 is 19.9 Å². The van der Waals surface area contributed by atoms with Gasteiger partial charge in [-0.05, 0) is 96.2 Å². The van der Waals surface area contributed by atoms with Gasteiger partial charge in [-0.3, -0.25) is 4.90 Å². The van der Waals surface area contributed by atoms with Crippen molar-refractivity contribution in [2.75, 3.05) is 19.7 Å². The second kappa shape index (κ2) is 15.9. The number of amides is 1. The van der Waals surface area contributed by atoms with Gasteiger partial charge in [0.2, 0.25) is 0 Å². The molecule has 6 heteroatoms. The number of hydrogen-bond acceptors (Lipinski definition) is 5. The molecule has 0 aliphatic rings. The Bertz CT molecular complexity index is 1170. The fourth-order valence-electron chi connectivity index (χ4n) is 5.15. The van der Waals surface area contributed by atoms with E-state index in [1.165, 1.54) is 11.1 Å². The minimum Gasteiger partial charge on any atom is -0.508 e. The molecule has 2 N–H and O–H groups in total. The number of rotatable bonds is 15. The zero-order chi connectivity index (χ0) is 28.9. The predicted octanol–water partition coefficient (Wildman–Crippen LogP) is 7.54. The van der Waals surface area contributed by atoms with Crippen LogP contribution in [0, 0.1) is 0 Å². The topological polar surface area (TPSA) is 71.0 Å². The first kappa shape index (κ1) is 31.0. The van der Waals surface area contributed by atoms with E-state index in [-0.39, 0.29) is 5.92 Å². The molecular formula is C34H46N2O4. The maximum absolute atomic E-state index is 11.7. The SMILES string of the molecule is CCNC(=O)Oc1cccc(OCCCCc2ccc(O)c([C@H](CCN(C(C)C)C(C)C)c3ccccc3)c2)c1. The van der Waals surface area contributed by atoms with Gasteiger partial charge in [0, 0.05) is 36.2 Å². The number of hydrogen-bond donors (Lipinski definition) is 2. The molecular weight excluding hydrogens is 500 g/mol. The van der Waals surface area contributed by atoms with E-state index in [1.54, 1.807) is 12.1 Å². The molecule has 3 rings (SSSR count). The first-order valence-corrected chi connectivity index (χ1v) is 14.6. The van der Waals surface area contributed by atoms with Crippen molar-refractivity contribution in [3.63, 3.8) is 0 Å². The number of aromatic hydroxyl groups is 1. The molecule has 0 spiro atoms. The van der Waals surface area contributed by atoms with Gasteiger partial charge in [0.15, 0.2) is 0 Å². The van der Waals surface area contributed by atoms with Gasteiger partial charge in [-0.2, -0.15) is 0 Å². The number of nitrogens with zero attached hydrogens (tertiary/aromatic N) is 1. The lowest BCUT2D eigenvalue weighted by molar-refractivity contribution is 0.170. The molecule has 6 nitrogen and oxygen atoms in total. The molecule has 0 aliphatic carbocycles. The maximum atomic E-state index is 11.7. The summed E-state index contributed by atoms with van der Waals surface area (Å²) in [7, 11) is 0. The molecule has 0 fully saturated rings. The third-order valence-corrected chi connectivity index (χ3v) is 7.14. The Labute approximate surface area is 240 Å². The summed E-state index contributed by atoms with van der Waals surface area (Å²) >= 11 is 0. The van der Waals surface area contributed by atoms with Gasteiger partial charge in [-0.25, -0.2) is 4.79 Å². The highest BCUT2D eigenvalue weighted by atomic mass is 16.6. The molecule has 0 heterocycles. The van der Waals surface area contributed by atoms with Crippen molar-refractivity contribution in [1.29, 1.82) is 0 Å². The van der Waals surface area contributed by atoms with Crippen molar-refractivity contribution in [3.8, 4) is 17.2 Å². The summed E-state index contributed by atoms with van der Waals surface area (Å²) in [5.41, 5.74) is 3.45. The van der Waals surface area contributed by atoms with E-state index in [4.69, 9.17) is 9.47 Å². The van der Waals surface area contributed by atoms with Crippen LogP contribution in [0.5, 0.6) is 17.2 Å². The molecule has 216 valence electrons. The van der Waals surface area contributed by atoms with E-state index in [2.05, 4.69) is 68.2 Å². The van der Waals surface area contributed by atoms with Crippen LogP contribution in [0.25, 0.3) is 0 Å². The number of ether oxygens (including phenoxy) is 2. The van der Waals surface area contributed by atoms with E-state index >= 15 is 0 Å². The Morgan fingerprint density at radius 1 is 0.900 bits per heavy atom. The van der Waals surface area contributed by atoms with Crippen molar-refractivity contribution >= 4 is 6.09 Å². The molecule has 3 aromatic rings. The van der Waals surface area contributed by atoms with Crippen LogP contribution in [-0.4, -0.2) is 47.9 Å². The molecule has 0 aliphatic heterocycles. The van der Waals surface area contributed by atoms with Crippen LogP contribution in [0.15, 0.2) is 72.8 Å². The smallest absolute Gasteiger partial charge is 0.412 e.